The number of fused-ring (bicyclic) bond motifs is 1. The van der Waals surface area contributed by atoms with Crippen LogP contribution in [0.3, 0.4) is 0 Å². The average Bonchev–Trinajstić information content (AvgIpc) is 3.15. The molecular weight excluding hydrogens is 282 g/mol. The first-order chi connectivity index (χ1) is 10.2. The topological polar surface area (TPSA) is 64.9 Å². The van der Waals surface area contributed by atoms with Crippen molar-refractivity contribution in [2.75, 3.05) is 0 Å². The highest BCUT2D eigenvalue weighted by Crippen LogP contribution is 2.46. The molecule has 1 aromatic carbocycles. The highest BCUT2D eigenvalue weighted by atomic mass is 32.2. The number of hydrogen-bond acceptors (Lipinski definition) is 5. The number of rotatable bonds is 2. The van der Waals surface area contributed by atoms with Gasteiger partial charge in [-0.3, -0.25) is 0 Å². The van der Waals surface area contributed by atoms with Crippen molar-refractivity contribution in [3.05, 3.63) is 41.5 Å². The van der Waals surface area contributed by atoms with Crippen molar-refractivity contribution in [2.45, 2.75) is 54.2 Å². The van der Waals surface area contributed by atoms with E-state index in [0.29, 0.717) is 5.82 Å². The third-order valence-electron chi connectivity index (χ3n) is 4.56. The van der Waals surface area contributed by atoms with Gasteiger partial charge < -0.3 is 10.3 Å². The van der Waals surface area contributed by atoms with E-state index in [2.05, 4.69) is 34.4 Å². The Morgan fingerprint density at radius 2 is 2.00 bits per heavy atom. The van der Waals surface area contributed by atoms with Crippen molar-refractivity contribution >= 4 is 11.8 Å². The summed E-state index contributed by atoms with van der Waals surface area (Å²) in [4.78, 5) is 5.97. The van der Waals surface area contributed by atoms with E-state index in [-0.39, 0.29) is 10.8 Å². The van der Waals surface area contributed by atoms with Gasteiger partial charge in [-0.05, 0) is 30.9 Å². The number of aromatic nitrogens is 2. The van der Waals surface area contributed by atoms with Crippen LogP contribution in [0.1, 0.15) is 54.6 Å². The minimum Gasteiger partial charge on any atom is -0.338 e. The van der Waals surface area contributed by atoms with Gasteiger partial charge in [0.25, 0.3) is 0 Å². The van der Waals surface area contributed by atoms with Crippen LogP contribution in [0.2, 0.25) is 0 Å². The van der Waals surface area contributed by atoms with Gasteiger partial charge in [0.1, 0.15) is 0 Å². The van der Waals surface area contributed by atoms with Crippen molar-refractivity contribution < 1.29 is 4.52 Å². The summed E-state index contributed by atoms with van der Waals surface area (Å²) in [5.41, 5.74) is 7.47. The molecule has 1 aromatic heterocycles. The minimum atomic E-state index is -0.379. The molecule has 1 saturated carbocycles. The quantitative estimate of drug-likeness (QED) is 0.918. The molecule has 1 fully saturated rings. The van der Waals surface area contributed by atoms with Gasteiger partial charge in [0.05, 0.1) is 10.8 Å². The fraction of sp³-hybridized carbons (Fsp3) is 0.500. The standard InChI is InChI=1S/C16H19N3OS/c17-16(8-4-1-5-9-16)15-18-14(20-19-15)13-10-11-6-2-3-7-12(11)21-13/h2-3,6-7,13H,1,4-5,8-10,17H2. The first-order valence-electron chi connectivity index (χ1n) is 7.62. The van der Waals surface area contributed by atoms with E-state index >= 15 is 0 Å². The van der Waals surface area contributed by atoms with E-state index in [4.69, 9.17) is 10.3 Å². The highest BCUT2D eigenvalue weighted by molar-refractivity contribution is 7.99. The Morgan fingerprint density at radius 1 is 1.19 bits per heavy atom. The second-order valence-corrected chi connectivity index (χ2v) is 7.34. The molecule has 0 saturated heterocycles. The Morgan fingerprint density at radius 3 is 2.81 bits per heavy atom. The Bertz CT molecular complexity index is 623. The third kappa shape index (κ3) is 2.38. The van der Waals surface area contributed by atoms with Crippen LogP contribution < -0.4 is 5.73 Å². The van der Waals surface area contributed by atoms with Gasteiger partial charge in [-0.2, -0.15) is 4.98 Å². The fourth-order valence-corrected chi connectivity index (χ4v) is 4.52. The first-order valence-corrected chi connectivity index (χ1v) is 8.50. The second-order valence-electron chi connectivity index (χ2n) is 6.09. The largest absolute Gasteiger partial charge is 0.338 e. The molecule has 1 aliphatic heterocycles. The number of thioether (sulfide) groups is 1. The van der Waals surface area contributed by atoms with E-state index < -0.39 is 0 Å². The average molecular weight is 301 g/mol. The number of nitrogens with two attached hydrogens (primary N) is 1. The Balaban J connectivity index is 1.56. The van der Waals surface area contributed by atoms with Crippen LogP contribution in [0.25, 0.3) is 0 Å². The Hall–Kier alpha value is -1.33. The first kappa shape index (κ1) is 13.3. The number of nitrogens with zero attached hydrogens (tertiary/aromatic N) is 2. The molecule has 0 spiro atoms. The molecule has 1 atom stereocenters. The summed E-state index contributed by atoms with van der Waals surface area (Å²) in [6.45, 7) is 0. The normalized spacial score (nSPS) is 24.0. The van der Waals surface area contributed by atoms with Crippen LogP contribution in [-0.4, -0.2) is 10.1 Å². The zero-order valence-corrected chi connectivity index (χ0v) is 12.7. The summed E-state index contributed by atoms with van der Waals surface area (Å²) < 4.78 is 5.54. The third-order valence-corrected chi connectivity index (χ3v) is 5.86. The Labute approximate surface area is 128 Å². The van der Waals surface area contributed by atoms with Gasteiger partial charge in [0.2, 0.25) is 5.89 Å². The van der Waals surface area contributed by atoms with Gasteiger partial charge in [-0.1, -0.05) is 42.6 Å². The maximum Gasteiger partial charge on any atom is 0.240 e. The summed E-state index contributed by atoms with van der Waals surface area (Å²) in [6.07, 6.45) is 6.46. The molecule has 0 bridgehead atoms. The summed E-state index contributed by atoms with van der Waals surface area (Å²) in [7, 11) is 0. The van der Waals surface area contributed by atoms with Crippen molar-refractivity contribution in [2.24, 2.45) is 5.73 Å². The van der Waals surface area contributed by atoms with Crippen LogP contribution in [0.4, 0.5) is 0 Å². The molecule has 2 heterocycles. The second kappa shape index (κ2) is 5.14. The lowest BCUT2D eigenvalue weighted by atomic mass is 9.82. The van der Waals surface area contributed by atoms with Gasteiger partial charge in [0.15, 0.2) is 5.82 Å². The molecule has 110 valence electrons. The SMILES string of the molecule is NC1(c2noc(C3Cc4ccccc4S3)n2)CCCCC1. The predicted molar refractivity (Wildman–Crippen MR) is 82.0 cm³/mol. The maximum absolute atomic E-state index is 6.48. The van der Waals surface area contributed by atoms with Crippen LogP contribution in [0, 0.1) is 0 Å². The van der Waals surface area contributed by atoms with E-state index in [1.54, 1.807) is 0 Å². The fourth-order valence-electron chi connectivity index (χ4n) is 3.29. The van der Waals surface area contributed by atoms with Crippen LogP contribution in [-0.2, 0) is 12.0 Å². The van der Waals surface area contributed by atoms with Crippen LogP contribution in [0.5, 0.6) is 0 Å². The lowest BCUT2D eigenvalue weighted by Crippen LogP contribution is -2.39. The summed E-state index contributed by atoms with van der Waals surface area (Å²) >= 11 is 1.81. The summed E-state index contributed by atoms with van der Waals surface area (Å²) in [6, 6.07) is 8.48. The van der Waals surface area contributed by atoms with Crippen molar-refractivity contribution in [1.29, 1.82) is 0 Å². The molecular formula is C16H19N3OS. The molecule has 5 heteroatoms. The zero-order valence-electron chi connectivity index (χ0n) is 11.9. The van der Waals surface area contributed by atoms with E-state index in [1.807, 2.05) is 11.8 Å². The van der Waals surface area contributed by atoms with Gasteiger partial charge in [0, 0.05) is 4.90 Å². The monoisotopic (exact) mass is 301 g/mol. The molecule has 2 N–H and O–H groups in total. The van der Waals surface area contributed by atoms with Crippen molar-refractivity contribution in [3.63, 3.8) is 0 Å². The molecule has 4 nitrogen and oxygen atoms in total. The lowest BCUT2D eigenvalue weighted by Gasteiger charge is -2.29. The van der Waals surface area contributed by atoms with E-state index in [1.165, 1.54) is 16.9 Å². The minimum absolute atomic E-state index is 0.232. The zero-order chi connectivity index (χ0) is 14.3. The molecule has 1 unspecified atom stereocenters. The molecule has 0 amide bonds. The summed E-state index contributed by atoms with van der Waals surface area (Å²) in [5, 5.41) is 4.43. The van der Waals surface area contributed by atoms with Crippen molar-refractivity contribution in [3.8, 4) is 0 Å². The summed E-state index contributed by atoms with van der Waals surface area (Å²) in [5.74, 6) is 1.43. The number of hydrogen-bond donors (Lipinski definition) is 1. The molecule has 2 aliphatic rings. The van der Waals surface area contributed by atoms with E-state index in [9.17, 15) is 0 Å². The Kier molecular flexibility index (Phi) is 3.27. The van der Waals surface area contributed by atoms with Gasteiger partial charge >= 0.3 is 0 Å². The van der Waals surface area contributed by atoms with Gasteiger partial charge in [-0.15, -0.1) is 11.8 Å². The van der Waals surface area contributed by atoms with Crippen LogP contribution >= 0.6 is 11.8 Å². The molecule has 1 aliphatic carbocycles. The molecule has 2 aromatic rings. The molecule has 0 radical (unpaired) electrons. The molecule has 4 rings (SSSR count). The lowest BCUT2D eigenvalue weighted by molar-refractivity contribution is 0.273. The predicted octanol–water partition coefficient (Wildman–Crippen LogP) is 3.58. The van der Waals surface area contributed by atoms with Crippen molar-refractivity contribution in [1.82, 2.24) is 10.1 Å². The van der Waals surface area contributed by atoms with Crippen LogP contribution in [0.15, 0.2) is 33.7 Å². The number of benzene rings is 1. The maximum atomic E-state index is 6.48. The van der Waals surface area contributed by atoms with Gasteiger partial charge in [-0.25, -0.2) is 0 Å². The van der Waals surface area contributed by atoms with E-state index in [0.717, 1.165) is 38.0 Å². The molecule has 21 heavy (non-hydrogen) atoms. The smallest absolute Gasteiger partial charge is 0.240 e. The highest BCUT2D eigenvalue weighted by Gasteiger charge is 2.36.